The Balaban J connectivity index is 1.02. The summed E-state index contributed by atoms with van der Waals surface area (Å²) in [4.78, 5) is 63.5. The number of ether oxygens (including phenoxy) is 2. The number of fused-ring (bicyclic) bond motifs is 4. The van der Waals surface area contributed by atoms with Crippen LogP contribution in [0.4, 0.5) is 14.7 Å². The smallest absolute Gasteiger partial charge is 0.410 e. The number of benzene rings is 5. The van der Waals surface area contributed by atoms with Crippen molar-refractivity contribution in [3.8, 4) is 11.1 Å². The number of anilines is 1. The number of carbonyl (C=O) groups excluding carboxylic acids is 4. The van der Waals surface area contributed by atoms with Gasteiger partial charge in [0.05, 0.1) is 5.69 Å². The number of aromatic nitrogens is 1. The van der Waals surface area contributed by atoms with Gasteiger partial charge in [-0.25, -0.2) is 14.6 Å². The number of hydrogen-bond donors (Lipinski definition) is 3. The van der Waals surface area contributed by atoms with Crippen molar-refractivity contribution >= 4 is 40.5 Å². The lowest BCUT2D eigenvalue weighted by atomic mass is 9.77. The summed E-state index contributed by atoms with van der Waals surface area (Å²) in [6, 6.07) is 44.4. The number of thiazole rings is 1. The molecule has 8 rings (SSSR count). The van der Waals surface area contributed by atoms with Crippen LogP contribution < -0.4 is 16.0 Å². The van der Waals surface area contributed by atoms with E-state index in [-0.39, 0.29) is 43.4 Å². The number of alkyl carbamates (subject to hydrolysis) is 1. The highest BCUT2D eigenvalue weighted by atomic mass is 32.1. The molecule has 1 heterocycles. The van der Waals surface area contributed by atoms with Crippen LogP contribution in [0.25, 0.3) is 11.1 Å². The molecule has 11 nitrogen and oxygen atoms in total. The lowest BCUT2D eigenvalue weighted by molar-refractivity contribution is -0.123. The van der Waals surface area contributed by atoms with Gasteiger partial charge in [0.15, 0.2) is 5.13 Å². The monoisotopic (exact) mass is 903 g/mol. The third-order valence-electron chi connectivity index (χ3n) is 12.2. The van der Waals surface area contributed by atoms with E-state index in [2.05, 4.69) is 28.1 Å². The van der Waals surface area contributed by atoms with Crippen molar-refractivity contribution in [2.45, 2.75) is 95.4 Å². The summed E-state index contributed by atoms with van der Waals surface area (Å²) in [5.41, 5.74) is 6.10. The van der Waals surface area contributed by atoms with Gasteiger partial charge >= 0.3 is 12.2 Å². The maximum absolute atomic E-state index is 14.4. The molecule has 12 heteroatoms. The van der Waals surface area contributed by atoms with E-state index in [0.29, 0.717) is 30.9 Å². The Morgan fingerprint density at radius 3 is 1.86 bits per heavy atom. The Labute approximate surface area is 391 Å². The van der Waals surface area contributed by atoms with Crippen LogP contribution in [0.3, 0.4) is 0 Å². The van der Waals surface area contributed by atoms with E-state index in [1.54, 1.807) is 0 Å². The van der Waals surface area contributed by atoms with Crippen molar-refractivity contribution in [2.24, 2.45) is 0 Å². The van der Waals surface area contributed by atoms with Crippen LogP contribution in [0.2, 0.25) is 0 Å². The number of nitrogens with zero attached hydrogens (tertiary/aromatic N) is 2. The number of rotatable bonds is 15. The summed E-state index contributed by atoms with van der Waals surface area (Å²) in [7, 11) is 0. The van der Waals surface area contributed by atoms with Crippen molar-refractivity contribution in [1.29, 1.82) is 0 Å². The van der Waals surface area contributed by atoms with Gasteiger partial charge in [-0.2, -0.15) is 0 Å². The highest BCUT2D eigenvalue weighted by Gasteiger charge is 2.39. The molecule has 5 aromatic carbocycles. The minimum atomic E-state index is -1.16. The van der Waals surface area contributed by atoms with E-state index in [1.807, 2.05) is 160 Å². The fourth-order valence-electron chi connectivity index (χ4n) is 9.23. The fraction of sp³-hybridized carbons (Fsp3) is 0.315. The molecule has 340 valence electrons. The molecule has 4 amide bonds. The molecule has 0 fully saturated rings. The second-order valence-corrected chi connectivity index (χ2v) is 19.0. The maximum atomic E-state index is 14.4. The zero-order valence-corrected chi connectivity index (χ0v) is 38.7. The molecule has 2 aliphatic rings. The van der Waals surface area contributed by atoms with E-state index in [1.165, 1.54) is 11.3 Å². The Morgan fingerprint density at radius 2 is 1.32 bits per heavy atom. The van der Waals surface area contributed by atoms with Gasteiger partial charge in [-0.05, 0) is 85.4 Å². The molecule has 2 atom stereocenters. The third kappa shape index (κ3) is 10.2. The maximum Gasteiger partial charge on any atom is 0.410 e. The molecule has 6 aromatic rings. The van der Waals surface area contributed by atoms with Gasteiger partial charge in [-0.15, -0.1) is 11.3 Å². The van der Waals surface area contributed by atoms with Crippen LogP contribution in [0, 0.1) is 0 Å². The predicted octanol–water partition coefficient (Wildman–Crippen LogP) is 10.4. The second kappa shape index (κ2) is 20.2. The number of hydrogen-bond acceptors (Lipinski definition) is 8. The highest BCUT2D eigenvalue weighted by Crippen LogP contribution is 2.44. The molecule has 66 heavy (non-hydrogen) atoms. The van der Waals surface area contributed by atoms with E-state index in [0.717, 1.165) is 55.9 Å². The molecule has 3 N–H and O–H groups in total. The standard InChI is InChI=1S/C54H57N5O6S/c1-5-33-59(52(63)65-53(2,3)4)39-29-30-45-47(34-39)66-50(55-45)57-49(61)46(56-51(62)64-35-44-42-27-17-15-25-40(42)41-26-16-18-28-43(41)44)31-32-48(60)58-54(36-19-9-6-10-20-36,37-21-11-7-12-22-37)38-23-13-8-14-24-38/h6-28,39,44,46H,5,29-35H2,1-4H3,(H,56,62)(H,58,60)(H,55,57,61)/t39-,46-/m0/s1. The van der Waals surface area contributed by atoms with Crippen molar-refractivity contribution < 1.29 is 28.7 Å². The zero-order chi connectivity index (χ0) is 46.3. The summed E-state index contributed by atoms with van der Waals surface area (Å²) in [6.45, 7) is 8.25. The van der Waals surface area contributed by atoms with Gasteiger partial charge in [-0.3, -0.25) is 9.59 Å². The normalized spacial score (nSPS) is 14.8. The van der Waals surface area contributed by atoms with Crippen LogP contribution in [-0.2, 0) is 37.4 Å². The van der Waals surface area contributed by atoms with Gasteiger partial charge < -0.3 is 30.3 Å². The van der Waals surface area contributed by atoms with Crippen LogP contribution in [-0.4, -0.2) is 64.7 Å². The first kappa shape index (κ1) is 45.8. The Kier molecular flexibility index (Phi) is 14.0. The molecule has 1 aromatic heterocycles. The first-order valence-electron chi connectivity index (χ1n) is 22.8. The molecular formula is C54H57N5O6S. The van der Waals surface area contributed by atoms with Gasteiger partial charge in [0.1, 0.15) is 23.8 Å². The van der Waals surface area contributed by atoms with Crippen LogP contribution >= 0.6 is 11.3 Å². The molecular weight excluding hydrogens is 847 g/mol. The topological polar surface area (TPSA) is 139 Å². The van der Waals surface area contributed by atoms with Crippen LogP contribution in [0.15, 0.2) is 140 Å². The summed E-state index contributed by atoms with van der Waals surface area (Å²) >= 11 is 1.36. The minimum Gasteiger partial charge on any atom is -0.449 e. The summed E-state index contributed by atoms with van der Waals surface area (Å²) in [5.74, 6) is -1.03. The molecule has 0 unspecified atom stereocenters. The minimum absolute atomic E-state index is 0.0364. The van der Waals surface area contributed by atoms with Gasteiger partial charge in [0.25, 0.3) is 0 Å². The lowest BCUT2D eigenvalue weighted by Crippen LogP contribution is -2.49. The fourth-order valence-corrected chi connectivity index (χ4v) is 10.3. The van der Waals surface area contributed by atoms with Gasteiger partial charge in [0.2, 0.25) is 11.8 Å². The van der Waals surface area contributed by atoms with E-state index in [4.69, 9.17) is 14.5 Å². The lowest BCUT2D eigenvalue weighted by Gasteiger charge is -2.37. The third-order valence-corrected chi connectivity index (χ3v) is 13.3. The van der Waals surface area contributed by atoms with Crippen molar-refractivity contribution in [3.63, 3.8) is 0 Å². The predicted molar refractivity (Wildman–Crippen MR) is 258 cm³/mol. The first-order valence-corrected chi connectivity index (χ1v) is 23.6. The van der Waals surface area contributed by atoms with Gasteiger partial charge in [0, 0.05) is 36.2 Å². The van der Waals surface area contributed by atoms with Crippen molar-refractivity contribution in [1.82, 2.24) is 20.5 Å². The first-order chi connectivity index (χ1) is 31.9. The van der Waals surface area contributed by atoms with Crippen LogP contribution in [0.5, 0.6) is 0 Å². The molecule has 0 radical (unpaired) electrons. The number of carbonyl (C=O) groups is 4. The number of amides is 4. The Morgan fingerprint density at radius 1 is 0.773 bits per heavy atom. The molecule has 2 aliphatic carbocycles. The van der Waals surface area contributed by atoms with E-state index < -0.39 is 29.2 Å². The zero-order valence-electron chi connectivity index (χ0n) is 37.9. The number of aryl methyl sites for hydroxylation is 1. The summed E-state index contributed by atoms with van der Waals surface area (Å²) in [5, 5.41) is 9.53. The molecule has 0 saturated carbocycles. The van der Waals surface area contributed by atoms with E-state index in [9.17, 15) is 19.2 Å². The van der Waals surface area contributed by atoms with E-state index >= 15 is 0 Å². The number of nitrogens with one attached hydrogen (secondary N) is 3. The molecule has 0 spiro atoms. The van der Waals surface area contributed by atoms with Crippen molar-refractivity contribution in [3.05, 3.63) is 178 Å². The second-order valence-electron chi connectivity index (χ2n) is 17.9. The average Bonchev–Trinajstić information content (AvgIpc) is 3.88. The summed E-state index contributed by atoms with van der Waals surface area (Å²) in [6.07, 6.45) is 1.45. The molecule has 0 bridgehead atoms. The SMILES string of the molecule is CCCN(C(=O)OC(C)(C)C)[C@H]1CCc2nc(NC(=O)[C@H](CCC(=O)NC(c3ccccc3)(c3ccccc3)c3ccccc3)NC(=O)OCC3c4ccccc4-c4ccccc43)sc2C1. The van der Waals surface area contributed by atoms with Crippen molar-refractivity contribution in [2.75, 3.05) is 18.5 Å². The van der Waals surface area contributed by atoms with Gasteiger partial charge in [-0.1, -0.05) is 146 Å². The molecule has 0 aliphatic heterocycles. The Hall–Kier alpha value is -6.79. The largest absolute Gasteiger partial charge is 0.449 e. The quantitative estimate of drug-likeness (QED) is 0.0872. The summed E-state index contributed by atoms with van der Waals surface area (Å²) < 4.78 is 11.7. The molecule has 0 saturated heterocycles. The highest BCUT2D eigenvalue weighted by molar-refractivity contribution is 7.15. The van der Waals surface area contributed by atoms with Crippen LogP contribution in [0.1, 0.15) is 97.7 Å². The average molecular weight is 904 g/mol. The Bertz CT molecular complexity index is 2510.